The lowest BCUT2D eigenvalue weighted by molar-refractivity contribution is -0.134. The second-order valence-electron chi connectivity index (χ2n) is 10.4. The number of rotatable bonds is 7. The Bertz CT molecular complexity index is 1050. The van der Waals surface area contributed by atoms with Crippen LogP contribution >= 0.6 is 0 Å². The van der Waals surface area contributed by atoms with Crippen molar-refractivity contribution in [1.82, 2.24) is 24.9 Å². The van der Waals surface area contributed by atoms with Gasteiger partial charge in [-0.3, -0.25) is 14.3 Å². The Hall–Kier alpha value is -2.87. The summed E-state index contributed by atoms with van der Waals surface area (Å²) in [6.07, 6.45) is 7.95. The second-order valence-corrected chi connectivity index (χ2v) is 10.4. The lowest BCUT2D eigenvalue weighted by atomic mass is 9.91. The Kier molecular flexibility index (Phi) is 6.82. The fraction of sp³-hybridized carbons (Fsp3) is 0.593. The number of hydrogen-bond acceptors (Lipinski definition) is 5. The molecule has 1 aromatic carbocycles. The Balaban J connectivity index is 1.43. The molecule has 0 unspecified atom stereocenters. The molecule has 0 spiro atoms. The Labute approximate surface area is 207 Å². The van der Waals surface area contributed by atoms with Crippen LogP contribution in [0.2, 0.25) is 0 Å². The monoisotopic (exact) mass is 479 g/mol. The fourth-order valence-electron chi connectivity index (χ4n) is 5.73. The summed E-state index contributed by atoms with van der Waals surface area (Å²) in [7, 11) is 1.64. The summed E-state index contributed by atoms with van der Waals surface area (Å²) >= 11 is 0. The SMILES string of the molecule is COc1ccc(-c2cc3n(n2)C[C@@](C)(C(=O)NC2CCCCC2)N(CCN2CCCC2)C3=O)cc1. The van der Waals surface area contributed by atoms with Crippen molar-refractivity contribution in [2.75, 3.05) is 33.3 Å². The van der Waals surface area contributed by atoms with Crippen molar-refractivity contribution in [3.05, 3.63) is 36.0 Å². The van der Waals surface area contributed by atoms with Crippen LogP contribution in [0.3, 0.4) is 0 Å². The van der Waals surface area contributed by atoms with E-state index in [1.165, 1.54) is 19.3 Å². The molecule has 0 bridgehead atoms. The minimum atomic E-state index is -0.982. The standard InChI is InChI=1S/C27H37N5O3/c1-27(26(34)28-21-8-4-3-5-9-21)19-32-24(25(33)31(27)17-16-30-14-6-7-15-30)18-23(29-32)20-10-12-22(35-2)13-11-20/h10-13,18,21H,3-9,14-17,19H2,1-2H3,(H,28,34)/t27-/m0/s1. The average Bonchev–Trinajstić information content (AvgIpc) is 3.55. The van der Waals surface area contributed by atoms with E-state index in [0.717, 1.165) is 62.3 Å². The molecule has 1 aromatic heterocycles. The van der Waals surface area contributed by atoms with Gasteiger partial charge in [0.2, 0.25) is 5.91 Å². The zero-order chi connectivity index (χ0) is 24.4. The van der Waals surface area contributed by atoms with E-state index < -0.39 is 5.54 Å². The number of fused-ring (bicyclic) bond motifs is 1. The highest BCUT2D eigenvalue weighted by Crippen LogP contribution is 2.31. The minimum absolute atomic E-state index is 0.0636. The molecule has 188 valence electrons. The van der Waals surface area contributed by atoms with E-state index >= 15 is 0 Å². The van der Waals surface area contributed by atoms with Gasteiger partial charge >= 0.3 is 0 Å². The van der Waals surface area contributed by atoms with Gasteiger partial charge in [0.05, 0.1) is 19.3 Å². The zero-order valence-electron chi connectivity index (χ0n) is 21.0. The zero-order valence-corrected chi connectivity index (χ0v) is 21.0. The number of benzene rings is 1. The van der Waals surface area contributed by atoms with Gasteiger partial charge in [-0.25, -0.2) is 0 Å². The van der Waals surface area contributed by atoms with Crippen molar-refractivity contribution in [3.63, 3.8) is 0 Å². The summed E-state index contributed by atoms with van der Waals surface area (Å²) in [6.45, 7) is 5.71. The number of nitrogens with zero attached hydrogens (tertiary/aromatic N) is 4. The van der Waals surface area contributed by atoms with Crippen LogP contribution in [0.15, 0.2) is 30.3 Å². The molecule has 1 saturated heterocycles. The van der Waals surface area contributed by atoms with Gasteiger partial charge in [-0.1, -0.05) is 19.3 Å². The van der Waals surface area contributed by atoms with E-state index in [-0.39, 0.29) is 17.9 Å². The molecule has 3 heterocycles. The first-order valence-electron chi connectivity index (χ1n) is 13.1. The summed E-state index contributed by atoms with van der Waals surface area (Å²) in [5.41, 5.74) is 1.20. The second kappa shape index (κ2) is 10.0. The van der Waals surface area contributed by atoms with Gasteiger partial charge < -0.3 is 19.9 Å². The topological polar surface area (TPSA) is 79.7 Å². The van der Waals surface area contributed by atoms with Crippen molar-refractivity contribution in [2.45, 2.75) is 70.0 Å². The van der Waals surface area contributed by atoms with E-state index in [9.17, 15) is 9.59 Å². The average molecular weight is 480 g/mol. The van der Waals surface area contributed by atoms with Gasteiger partial charge in [0.25, 0.3) is 5.91 Å². The van der Waals surface area contributed by atoms with Gasteiger partial charge in [-0.2, -0.15) is 5.10 Å². The molecule has 1 aliphatic carbocycles. The molecule has 3 aliphatic rings. The molecular weight excluding hydrogens is 442 g/mol. The molecule has 0 radical (unpaired) electrons. The number of nitrogens with one attached hydrogen (secondary N) is 1. The fourth-order valence-corrected chi connectivity index (χ4v) is 5.73. The number of aromatic nitrogens is 2. The Morgan fingerprint density at radius 2 is 1.80 bits per heavy atom. The normalized spacial score (nSPS) is 23.4. The Morgan fingerprint density at radius 1 is 1.09 bits per heavy atom. The van der Waals surface area contributed by atoms with Gasteiger partial charge in [-0.15, -0.1) is 0 Å². The van der Waals surface area contributed by atoms with Gasteiger partial charge in [0.15, 0.2) is 0 Å². The summed E-state index contributed by atoms with van der Waals surface area (Å²) in [5.74, 6) is 0.587. The summed E-state index contributed by atoms with van der Waals surface area (Å²) < 4.78 is 7.00. The molecule has 1 saturated carbocycles. The Morgan fingerprint density at radius 3 is 2.49 bits per heavy atom. The predicted molar refractivity (Wildman–Crippen MR) is 134 cm³/mol. The van der Waals surface area contributed by atoms with Crippen molar-refractivity contribution in [3.8, 4) is 17.0 Å². The lowest BCUT2D eigenvalue weighted by Crippen LogP contribution is -2.66. The molecule has 2 aliphatic heterocycles. The third-order valence-corrected chi connectivity index (χ3v) is 7.95. The molecule has 2 fully saturated rings. The van der Waals surface area contributed by atoms with E-state index in [1.54, 1.807) is 16.7 Å². The van der Waals surface area contributed by atoms with Crippen molar-refractivity contribution in [2.24, 2.45) is 0 Å². The van der Waals surface area contributed by atoms with Crippen LogP contribution < -0.4 is 10.1 Å². The number of methoxy groups -OCH3 is 1. The molecule has 1 N–H and O–H groups in total. The quantitative estimate of drug-likeness (QED) is 0.659. The number of amides is 2. The van der Waals surface area contributed by atoms with Crippen LogP contribution in [0.5, 0.6) is 5.75 Å². The maximum Gasteiger partial charge on any atom is 0.273 e. The minimum Gasteiger partial charge on any atom is -0.497 e. The summed E-state index contributed by atoms with van der Waals surface area (Å²) in [6, 6.07) is 9.71. The number of hydrogen-bond donors (Lipinski definition) is 1. The van der Waals surface area contributed by atoms with Gasteiger partial charge in [0, 0.05) is 24.7 Å². The van der Waals surface area contributed by atoms with Crippen molar-refractivity contribution >= 4 is 11.8 Å². The molecule has 8 heteroatoms. The van der Waals surface area contributed by atoms with Gasteiger partial charge in [0.1, 0.15) is 17.0 Å². The first-order valence-corrected chi connectivity index (χ1v) is 13.1. The third kappa shape index (κ3) is 4.81. The number of carbonyl (C=O) groups is 2. The van der Waals surface area contributed by atoms with E-state index in [2.05, 4.69) is 10.2 Å². The first kappa shape index (κ1) is 23.9. The molecule has 1 atom stereocenters. The molecule has 2 amide bonds. The van der Waals surface area contributed by atoms with Crippen molar-refractivity contribution in [1.29, 1.82) is 0 Å². The molecule has 5 rings (SSSR count). The summed E-state index contributed by atoms with van der Waals surface area (Å²) in [4.78, 5) is 31.7. The van der Waals surface area contributed by atoms with Crippen LogP contribution in [-0.2, 0) is 11.3 Å². The van der Waals surface area contributed by atoms with Gasteiger partial charge in [-0.05, 0) is 76.0 Å². The highest BCUT2D eigenvalue weighted by Gasteiger charge is 2.48. The van der Waals surface area contributed by atoms with E-state index in [0.29, 0.717) is 18.8 Å². The number of ether oxygens (including phenoxy) is 1. The van der Waals surface area contributed by atoms with Crippen LogP contribution in [-0.4, -0.2) is 76.3 Å². The van der Waals surface area contributed by atoms with Crippen molar-refractivity contribution < 1.29 is 14.3 Å². The molecule has 35 heavy (non-hydrogen) atoms. The lowest BCUT2D eigenvalue weighted by Gasteiger charge is -2.44. The first-order chi connectivity index (χ1) is 17.0. The molecule has 2 aromatic rings. The maximum absolute atomic E-state index is 13.8. The number of likely N-dealkylation sites (tertiary alicyclic amines) is 1. The van der Waals surface area contributed by atoms with Crippen LogP contribution in [0.1, 0.15) is 62.4 Å². The molecular formula is C27H37N5O3. The number of carbonyl (C=O) groups excluding carboxylic acids is 2. The van der Waals surface area contributed by atoms with Crippen LogP contribution in [0.25, 0.3) is 11.3 Å². The van der Waals surface area contributed by atoms with Crippen LogP contribution in [0, 0.1) is 0 Å². The smallest absolute Gasteiger partial charge is 0.273 e. The summed E-state index contributed by atoms with van der Waals surface area (Å²) in [5, 5.41) is 8.05. The molecule has 8 nitrogen and oxygen atoms in total. The van der Waals surface area contributed by atoms with E-state index in [1.807, 2.05) is 37.3 Å². The predicted octanol–water partition coefficient (Wildman–Crippen LogP) is 3.32. The maximum atomic E-state index is 13.8. The largest absolute Gasteiger partial charge is 0.497 e. The highest BCUT2D eigenvalue weighted by molar-refractivity contribution is 6.00. The van der Waals surface area contributed by atoms with E-state index in [4.69, 9.17) is 9.84 Å². The highest BCUT2D eigenvalue weighted by atomic mass is 16.5. The van der Waals surface area contributed by atoms with Crippen LogP contribution in [0.4, 0.5) is 0 Å². The third-order valence-electron chi connectivity index (χ3n) is 7.95.